The van der Waals surface area contributed by atoms with E-state index in [1.807, 2.05) is 18.2 Å². The highest BCUT2D eigenvalue weighted by atomic mass is 127. The van der Waals surface area contributed by atoms with Crippen molar-refractivity contribution in [2.24, 2.45) is 5.73 Å². The number of carbonyl (C=O) groups excluding carboxylic acids is 2. The third kappa shape index (κ3) is 4.71. The first kappa shape index (κ1) is 24.6. The zero-order chi connectivity index (χ0) is 25.1. The van der Waals surface area contributed by atoms with Crippen molar-refractivity contribution in [3.05, 3.63) is 79.4 Å². The van der Waals surface area contributed by atoms with E-state index in [4.69, 9.17) is 24.7 Å². The number of hydrogen-bond donors (Lipinski definition) is 1. The molecule has 2 aromatic carbocycles. The maximum absolute atomic E-state index is 13.0. The summed E-state index contributed by atoms with van der Waals surface area (Å²) in [6, 6.07) is 12.9. The molecule has 1 atom stereocenters. The summed E-state index contributed by atoms with van der Waals surface area (Å²) in [5, 5.41) is 9.35. The standard InChI is InChI=1S/C26H23IN2O6/c1-32-20-11-16(10-17(27)24(20)34-13-15-7-4-3-6-14(15)12-28)21-22-18(30)8-5-9-19(22)35-25(29)23(21)26(31)33-2/h3-4,6-7,10-11,21H,5,8-9,13,29H2,1-2H3/t21-/m1/s1. The van der Waals surface area contributed by atoms with Crippen molar-refractivity contribution in [3.8, 4) is 17.6 Å². The van der Waals surface area contributed by atoms with Crippen molar-refractivity contribution in [2.45, 2.75) is 31.8 Å². The minimum atomic E-state index is -0.755. The van der Waals surface area contributed by atoms with E-state index in [9.17, 15) is 14.9 Å². The number of esters is 1. The number of nitrogens with two attached hydrogens (primary N) is 1. The van der Waals surface area contributed by atoms with Gasteiger partial charge in [-0.05, 0) is 52.8 Å². The number of rotatable bonds is 6. The first-order valence-electron chi connectivity index (χ1n) is 10.9. The molecule has 180 valence electrons. The molecule has 0 saturated carbocycles. The van der Waals surface area contributed by atoms with Gasteiger partial charge in [0.15, 0.2) is 17.3 Å². The average molecular weight is 586 g/mol. The van der Waals surface area contributed by atoms with E-state index in [1.54, 1.807) is 18.2 Å². The lowest BCUT2D eigenvalue weighted by atomic mass is 9.77. The molecular formula is C26H23IN2O6. The lowest BCUT2D eigenvalue weighted by Gasteiger charge is -2.32. The molecule has 2 aromatic rings. The van der Waals surface area contributed by atoms with Crippen LogP contribution in [0.5, 0.6) is 11.5 Å². The minimum Gasteiger partial charge on any atom is -0.493 e. The van der Waals surface area contributed by atoms with E-state index < -0.39 is 11.9 Å². The topological polar surface area (TPSA) is 121 Å². The summed E-state index contributed by atoms with van der Waals surface area (Å²) >= 11 is 2.12. The molecule has 0 bridgehead atoms. The van der Waals surface area contributed by atoms with Gasteiger partial charge in [0, 0.05) is 24.0 Å². The number of halogens is 1. The molecule has 2 aliphatic rings. The Labute approximate surface area is 216 Å². The molecule has 0 radical (unpaired) electrons. The van der Waals surface area contributed by atoms with Gasteiger partial charge in [-0.3, -0.25) is 4.79 Å². The quantitative estimate of drug-likeness (QED) is 0.395. The maximum Gasteiger partial charge on any atom is 0.340 e. The molecule has 1 aliphatic heterocycles. The van der Waals surface area contributed by atoms with Gasteiger partial charge in [0.2, 0.25) is 5.88 Å². The number of nitriles is 1. The van der Waals surface area contributed by atoms with Gasteiger partial charge in [-0.1, -0.05) is 18.2 Å². The van der Waals surface area contributed by atoms with Gasteiger partial charge in [0.05, 0.1) is 35.3 Å². The molecule has 0 saturated heterocycles. The van der Waals surface area contributed by atoms with E-state index >= 15 is 0 Å². The summed E-state index contributed by atoms with van der Waals surface area (Å²) in [5.74, 6) is -0.197. The number of nitrogens with zero attached hydrogens (tertiary/aromatic N) is 1. The van der Waals surface area contributed by atoms with Crippen LogP contribution in [0.25, 0.3) is 0 Å². The van der Waals surface area contributed by atoms with Gasteiger partial charge in [-0.15, -0.1) is 0 Å². The van der Waals surface area contributed by atoms with Crippen LogP contribution < -0.4 is 15.2 Å². The van der Waals surface area contributed by atoms with E-state index in [0.717, 1.165) is 5.56 Å². The second kappa shape index (κ2) is 10.4. The van der Waals surface area contributed by atoms with Crippen LogP contribution in [-0.4, -0.2) is 26.0 Å². The maximum atomic E-state index is 13.0. The molecule has 1 aliphatic carbocycles. The highest BCUT2D eigenvalue weighted by Gasteiger charge is 2.41. The van der Waals surface area contributed by atoms with E-state index in [1.165, 1.54) is 14.2 Å². The van der Waals surface area contributed by atoms with Crippen LogP contribution in [0.1, 0.15) is 41.9 Å². The molecule has 0 spiro atoms. The molecule has 2 N–H and O–H groups in total. The smallest absolute Gasteiger partial charge is 0.340 e. The van der Waals surface area contributed by atoms with Crippen LogP contribution in [0, 0.1) is 14.9 Å². The Morgan fingerprint density at radius 3 is 2.74 bits per heavy atom. The summed E-state index contributed by atoms with van der Waals surface area (Å²) in [6.07, 6.45) is 1.57. The fraction of sp³-hybridized carbons (Fsp3) is 0.269. The van der Waals surface area contributed by atoms with Gasteiger partial charge in [-0.2, -0.15) is 5.26 Å². The van der Waals surface area contributed by atoms with Crippen molar-refractivity contribution < 1.29 is 28.5 Å². The average Bonchev–Trinajstić information content (AvgIpc) is 2.86. The van der Waals surface area contributed by atoms with Gasteiger partial charge in [-0.25, -0.2) is 4.79 Å². The third-order valence-electron chi connectivity index (χ3n) is 5.98. The van der Waals surface area contributed by atoms with E-state index in [2.05, 4.69) is 28.7 Å². The van der Waals surface area contributed by atoms with E-state index in [0.29, 0.717) is 56.8 Å². The van der Waals surface area contributed by atoms with Crippen LogP contribution in [0.2, 0.25) is 0 Å². The monoisotopic (exact) mass is 586 g/mol. The van der Waals surface area contributed by atoms with Gasteiger partial charge in [0.25, 0.3) is 0 Å². The largest absolute Gasteiger partial charge is 0.493 e. The highest BCUT2D eigenvalue weighted by Crippen LogP contribution is 2.46. The number of hydrogen-bond acceptors (Lipinski definition) is 8. The Kier molecular flexibility index (Phi) is 7.31. The van der Waals surface area contributed by atoms with Crippen molar-refractivity contribution in [3.63, 3.8) is 0 Å². The number of ketones is 1. The second-order valence-electron chi connectivity index (χ2n) is 8.01. The van der Waals surface area contributed by atoms with Crippen molar-refractivity contribution >= 4 is 34.3 Å². The Morgan fingerprint density at radius 1 is 1.26 bits per heavy atom. The SMILES string of the molecule is COC(=O)C1=C(N)OC2=C(C(=O)CCC2)[C@H]1c1cc(I)c(OCc2ccccc2C#N)c(OC)c1. The number of carbonyl (C=O) groups is 2. The third-order valence-corrected chi connectivity index (χ3v) is 6.79. The molecule has 1 heterocycles. The molecule has 4 rings (SSSR count). The molecule has 0 fully saturated rings. The highest BCUT2D eigenvalue weighted by molar-refractivity contribution is 14.1. The number of benzene rings is 2. The van der Waals surface area contributed by atoms with Gasteiger partial charge >= 0.3 is 5.97 Å². The predicted octanol–water partition coefficient (Wildman–Crippen LogP) is 4.21. The second-order valence-corrected chi connectivity index (χ2v) is 9.17. The number of ether oxygens (including phenoxy) is 4. The molecule has 0 aromatic heterocycles. The molecule has 9 heteroatoms. The predicted molar refractivity (Wildman–Crippen MR) is 134 cm³/mol. The summed E-state index contributed by atoms with van der Waals surface area (Å²) in [5.41, 5.74) is 8.54. The Hall–Kier alpha value is -3.52. The number of Topliss-reactive ketones (excluding diaryl/α,β-unsaturated/α-hetero) is 1. The molecular weight excluding hydrogens is 563 g/mol. The molecule has 0 amide bonds. The molecule has 8 nitrogen and oxygen atoms in total. The molecule has 0 unspecified atom stereocenters. The van der Waals surface area contributed by atoms with Crippen molar-refractivity contribution in [2.75, 3.05) is 14.2 Å². The van der Waals surface area contributed by atoms with Gasteiger partial charge in [0.1, 0.15) is 17.9 Å². The Morgan fingerprint density at radius 2 is 2.03 bits per heavy atom. The fourth-order valence-electron chi connectivity index (χ4n) is 4.35. The normalized spacial score (nSPS) is 17.3. The van der Waals surface area contributed by atoms with Crippen molar-refractivity contribution in [1.29, 1.82) is 5.26 Å². The van der Waals surface area contributed by atoms with Gasteiger partial charge < -0.3 is 24.7 Å². The van der Waals surface area contributed by atoms with E-state index in [-0.39, 0.29) is 23.8 Å². The van der Waals surface area contributed by atoms with Crippen LogP contribution >= 0.6 is 22.6 Å². The zero-order valence-corrected chi connectivity index (χ0v) is 21.4. The minimum absolute atomic E-state index is 0.0716. The fourth-order valence-corrected chi connectivity index (χ4v) is 5.13. The van der Waals surface area contributed by atoms with Crippen LogP contribution in [-0.2, 0) is 25.7 Å². The van der Waals surface area contributed by atoms with Crippen molar-refractivity contribution in [1.82, 2.24) is 0 Å². The summed E-state index contributed by atoms with van der Waals surface area (Å²) < 4.78 is 23.1. The Bertz CT molecular complexity index is 1310. The first-order valence-corrected chi connectivity index (χ1v) is 12.0. The number of methoxy groups -OCH3 is 2. The molecule has 35 heavy (non-hydrogen) atoms. The van der Waals surface area contributed by atoms with Crippen LogP contribution in [0.15, 0.2) is 59.2 Å². The summed E-state index contributed by atoms with van der Waals surface area (Å²) in [6.45, 7) is 0.167. The first-order chi connectivity index (χ1) is 16.9. The number of allylic oxidation sites excluding steroid dienone is 2. The summed E-state index contributed by atoms with van der Waals surface area (Å²) in [7, 11) is 2.77. The lowest BCUT2D eigenvalue weighted by molar-refractivity contribution is -0.136. The van der Waals surface area contributed by atoms with Crippen LogP contribution in [0.3, 0.4) is 0 Å². The Balaban J connectivity index is 1.78. The summed E-state index contributed by atoms with van der Waals surface area (Å²) in [4.78, 5) is 25.7. The zero-order valence-electron chi connectivity index (χ0n) is 19.2. The van der Waals surface area contributed by atoms with Crippen LogP contribution in [0.4, 0.5) is 0 Å². The lowest BCUT2D eigenvalue weighted by Crippen LogP contribution is -2.31.